The van der Waals surface area contributed by atoms with Crippen molar-refractivity contribution in [1.82, 2.24) is 0 Å². The molecule has 0 amide bonds. The van der Waals surface area contributed by atoms with Crippen molar-refractivity contribution in [2.45, 2.75) is 15.2 Å². The van der Waals surface area contributed by atoms with Crippen LogP contribution >= 0.6 is 11.8 Å². The van der Waals surface area contributed by atoms with Crippen LogP contribution in [0.5, 0.6) is 0 Å². The first-order chi connectivity index (χ1) is 23.8. The zero-order valence-corrected chi connectivity index (χ0v) is 26.9. The Hall–Kier alpha value is -5.63. The van der Waals surface area contributed by atoms with E-state index in [2.05, 4.69) is 170 Å². The van der Waals surface area contributed by atoms with Gasteiger partial charge in [-0.05, 0) is 95.4 Å². The molecule has 0 saturated heterocycles. The Morgan fingerprint density at radius 2 is 0.792 bits per heavy atom. The summed E-state index contributed by atoms with van der Waals surface area (Å²) in [6.07, 6.45) is 0. The van der Waals surface area contributed by atoms with Gasteiger partial charge in [-0.25, -0.2) is 0 Å². The van der Waals surface area contributed by atoms with Gasteiger partial charge in [0.15, 0.2) is 0 Å². The Labute approximate surface area is 284 Å². The standard InChI is InChI=1S/C47H28S/c1-2-14-30(29(13-1)31-27-28-44-46-36(31)19-11-20-37(46)34-17-6-10-26-43(34)48-44)35-21-12-25-42-45(35)38-18-5-9-24-41(38)47(42)39-22-7-3-15-32(39)33-16-4-8-23-40(33)47/h1-28H. The van der Waals surface area contributed by atoms with E-state index < -0.39 is 0 Å². The third kappa shape index (κ3) is 3.27. The molecule has 0 unspecified atom stereocenters. The van der Waals surface area contributed by atoms with Crippen LogP contribution in [-0.4, -0.2) is 0 Å². The molecule has 0 atom stereocenters. The molecule has 0 nitrogen and oxygen atoms in total. The third-order valence-corrected chi connectivity index (χ3v) is 12.1. The Morgan fingerprint density at radius 3 is 1.52 bits per heavy atom. The van der Waals surface area contributed by atoms with Crippen molar-refractivity contribution in [3.8, 4) is 55.6 Å². The Kier molecular flexibility index (Phi) is 5.34. The third-order valence-electron chi connectivity index (χ3n) is 10.9. The summed E-state index contributed by atoms with van der Waals surface area (Å²) in [5.41, 5.74) is 18.3. The first-order valence-electron chi connectivity index (χ1n) is 16.7. The maximum Gasteiger partial charge on any atom is 0.0725 e. The lowest BCUT2D eigenvalue weighted by atomic mass is 9.70. The van der Waals surface area contributed by atoms with Gasteiger partial charge in [0, 0.05) is 15.2 Å². The molecule has 0 bridgehead atoms. The van der Waals surface area contributed by atoms with Gasteiger partial charge in [0.2, 0.25) is 0 Å². The van der Waals surface area contributed by atoms with Crippen LogP contribution in [0.2, 0.25) is 0 Å². The fourth-order valence-corrected chi connectivity index (χ4v) is 10.3. The lowest BCUT2D eigenvalue weighted by Gasteiger charge is -2.30. The van der Waals surface area contributed by atoms with Crippen LogP contribution in [0.15, 0.2) is 180 Å². The predicted octanol–water partition coefficient (Wildman–Crippen LogP) is 12.6. The maximum absolute atomic E-state index is 2.39. The zero-order chi connectivity index (χ0) is 31.4. The highest BCUT2D eigenvalue weighted by molar-refractivity contribution is 7.99. The normalized spacial score (nSPS) is 13.9. The highest BCUT2D eigenvalue weighted by atomic mass is 32.2. The van der Waals surface area contributed by atoms with Crippen molar-refractivity contribution in [2.24, 2.45) is 0 Å². The topological polar surface area (TPSA) is 0 Å². The summed E-state index contributed by atoms with van der Waals surface area (Å²) in [7, 11) is 0. The fourth-order valence-electron chi connectivity index (χ4n) is 9.14. The van der Waals surface area contributed by atoms with Crippen molar-refractivity contribution >= 4 is 22.5 Å². The van der Waals surface area contributed by atoms with Crippen LogP contribution in [0.1, 0.15) is 22.3 Å². The first kappa shape index (κ1) is 26.4. The number of benzene rings is 8. The fraction of sp³-hybridized carbons (Fsp3) is 0.0213. The van der Waals surface area contributed by atoms with Gasteiger partial charge in [0.05, 0.1) is 5.41 Å². The summed E-state index contributed by atoms with van der Waals surface area (Å²) in [6, 6.07) is 63.6. The van der Waals surface area contributed by atoms with E-state index in [9.17, 15) is 0 Å². The second-order valence-electron chi connectivity index (χ2n) is 13.1. The predicted molar refractivity (Wildman–Crippen MR) is 201 cm³/mol. The van der Waals surface area contributed by atoms with Crippen molar-refractivity contribution in [3.63, 3.8) is 0 Å². The van der Waals surface area contributed by atoms with E-state index in [0.717, 1.165) is 0 Å². The summed E-state index contributed by atoms with van der Waals surface area (Å²) >= 11 is 1.89. The van der Waals surface area contributed by atoms with Gasteiger partial charge in [-0.15, -0.1) is 0 Å². The molecule has 8 aromatic rings. The molecule has 1 aliphatic heterocycles. The van der Waals surface area contributed by atoms with Gasteiger partial charge in [-0.3, -0.25) is 0 Å². The van der Waals surface area contributed by atoms with Crippen molar-refractivity contribution in [2.75, 3.05) is 0 Å². The molecule has 48 heavy (non-hydrogen) atoms. The molecule has 0 saturated carbocycles. The molecule has 0 aromatic heterocycles. The van der Waals surface area contributed by atoms with E-state index in [1.165, 1.54) is 98.5 Å². The highest BCUT2D eigenvalue weighted by Crippen LogP contribution is 2.64. The van der Waals surface area contributed by atoms with Crippen LogP contribution < -0.4 is 0 Å². The van der Waals surface area contributed by atoms with Gasteiger partial charge in [-0.2, -0.15) is 0 Å². The monoisotopic (exact) mass is 624 g/mol. The van der Waals surface area contributed by atoms with Crippen molar-refractivity contribution in [3.05, 3.63) is 192 Å². The van der Waals surface area contributed by atoms with Crippen LogP contribution in [0, 0.1) is 0 Å². The summed E-state index contributed by atoms with van der Waals surface area (Å²) in [5.74, 6) is 0. The Bertz CT molecular complexity index is 2610. The molecule has 222 valence electrons. The lowest BCUT2D eigenvalue weighted by Crippen LogP contribution is -2.25. The molecule has 0 N–H and O–H groups in total. The number of hydrogen-bond donors (Lipinski definition) is 0. The largest absolute Gasteiger partial charge is 0.0888 e. The maximum atomic E-state index is 2.39. The summed E-state index contributed by atoms with van der Waals surface area (Å²) < 4.78 is 0. The van der Waals surface area contributed by atoms with Gasteiger partial charge in [-0.1, -0.05) is 169 Å². The zero-order valence-electron chi connectivity index (χ0n) is 26.1. The van der Waals surface area contributed by atoms with Gasteiger partial charge < -0.3 is 0 Å². The first-order valence-corrected chi connectivity index (χ1v) is 17.5. The average Bonchev–Trinajstić information content (AvgIpc) is 3.63. The minimum absolute atomic E-state index is 0.352. The van der Waals surface area contributed by atoms with Crippen molar-refractivity contribution < 1.29 is 0 Å². The van der Waals surface area contributed by atoms with Crippen LogP contribution in [0.25, 0.3) is 66.4 Å². The molecule has 2 aliphatic carbocycles. The Balaban J connectivity index is 1.20. The van der Waals surface area contributed by atoms with Gasteiger partial charge in [0.1, 0.15) is 0 Å². The Morgan fingerprint density at radius 1 is 0.292 bits per heavy atom. The minimum atomic E-state index is -0.352. The van der Waals surface area contributed by atoms with E-state index >= 15 is 0 Å². The smallest absolute Gasteiger partial charge is 0.0725 e. The number of hydrogen-bond acceptors (Lipinski definition) is 1. The molecule has 1 heterocycles. The SMILES string of the molecule is c1ccc2c(c1)Sc1ccc(-c3ccccc3-c3cccc4c3-c3ccccc3C43c4ccccc4-c4ccccc43)c3cccc-2c13. The van der Waals surface area contributed by atoms with Crippen LogP contribution in [0.4, 0.5) is 0 Å². The highest BCUT2D eigenvalue weighted by Gasteiger charge is 2.52. The summed E-state index contributed by atoms with van der Waals surface area (Å²) in [6.45, 7) is 0. The molecule has 1 spiro atoms. The lowest BCUT2D eigenvalue weighted by molar-refractivity contribution is 0.794. The van der Waals surface area contributed by atoms with E-state index in [1.54, 1.807) is 0 Å². The van der Waals surface area contributed by atoms with Crippen LogP contribution in [-0.2, 0) is 5.41 Å². The summed E-state index contributed by atoms with van der Waals surface area (Å²) in [4.78, 5) is 2.66. The van der Waals surface area contributed by atoms with E-state index in [0.29, 0.717) is 0 Å². The quantitative estimate of drug-likeness (QED) is 0.184. The number of rotatable bonds is 2. The number of fused-ring (bicyclic) bond motifs is 12. The minimum Gasteiger partial charge on any atom is -0.0888 e. The van der Waals surface area contributed by atoms with Gasteiger partial charge >= 0.3 is 0 Å². The molecule has 1 heteroatoms. The second-order valence-corrected chi connectivity index (χ2v) is 14.2. The second kappa shape index (κ2) is 9.70. The van der Waals surface area contributed by atoms with Crippen molar-refractivity contribution in [1.29, 1.82) is 0 Å². The molecule has 0 radical (unpaired) electrons. The molecular weight excluding hydrogens is 597 g/mol. The molecular formula is C47H28S. The average molecular weight is 625 g/mol. The van der Waals surface area contributed by atoms with Crippen LogP contribution in [0.3, 0.4) is 0 Å². The van der Waals surface area contributed by atoms with E-state index in [-0.39, 0.29) is 5.41 Å². The molecule has 0 fully saturated rings. The van der Waals surface area contributed by atoms with E-state index in [4.69, 9.17) is 0 Å². The molecule has 3 aliphatic rings. The van der Waals surface area contributed by atoms with E-state index in [1.807, 2.05) is 11.8 Å². The molecule has 8 aromatic carbocycles. The summed E-state index contributed by atoms with van der Waals surface area (Å²) in [5, 5.41) is 2.66. The van der Waals surface area contributed by atoms with Gasteiger partial charge in [0.25, 0.3) is 0 Å². The molecule has 11 rings (SSSR count).